The molecule has 1 aliphatic heterocycles. The number of likely N-dealkylation sites (tertiary alicyclic amines) is 1. The quantitative estimate of drug-likeness (QED) is 0.779. The maximum absolute atomic E-state index is 13.3. The Hall–Kier alpha value is -2.09. The first-order valence-electron chi connectivity index (χ1n) is 8.89. The van der Waals surface area contributed by atoms with Crippen LogP contribution in [0.25, 0.3) is 0 Å². The standard InChI is InChI=1S/C19H26BrN3O4/c1-12(16(21)24)23(14-9-7-13(20)8-10-14)17(25)15-6-5-11-22(15)18(26)27-19(2,3)4/h7-10,12,15H,5-6,11H2,1-4H3,(H2,21,24). The van der Waals surface area contributed by atoms with Gasteiger partial charge >= 0.3 is 6.09 Å². The summed E-state index contributed by atoms with van der Waals surface area (Å²) in [6.45, 7) is 7.35. The lowest BCUT2D eigenvalue weighted by atomic mass is 10.1. The summed E-state index contributed by atoms with van der Waals surface area (Å²) in [5.74, 6) is -0.958. The van der Waals surface area contributed by atoms with E-state index in [4.69, 9.17) is 10.5 Å². The highest BCUT2D eigenvalue weighted by atomic mass is 79.9. The molecule has 7 nitrogen and oxygen atoms in total. The fourth-order valence-corrected chi connectivity index (χ4v) is 3.26. The summed E-state index contributed by atoms with van der Waals surface area (Å²) < 4.78 is 6.28. The number of rotatable bonds is 4. The summed E-state index contributed by atoms with van der Waals surface area (Å²) in [6.07, 6.45) is 0.673. The number of anilines is 1. The van der Waals surface area contributed by atoms with Crippen LogP contribution in [-0.4, -0.2) is 47.0 Å². The summed E-state index contributed by atoms with van der Waals surface area (Å²) in [7, 11) is 0. The Morgan fingerprint density at radius 1 is 1.26 bits per heavy atom. The van der Waals surface area contributed by atoms with Crippen molar-refractivity contribution < 1.29 is 19.1 Å². The summed E-state index contributed by atoms with van der Waals surface area (Å²) >= 11 is 3.36. The van der Waals surface area contributed by atoms with Crippen LogP contribution < -0.4 is 10.6 Å². The molecule has 0 aromatic heterocycles. The minimum Gasteiger partial charge on any atom is -0.444 e. The molecule has 2 N–H and O–H groups in total. The van der Waals surface area contributed by atoms with Gasteiger partial charge in [0.2, 0.25) is 5.91 Å². The van der Waals surface area contributed by atoms with Gasteiger partial charge < -0.3 is 10.5 Å². The lowest BCUT2D eigenvalue weighted by Crippen LogP contribution is -2.54. The molecule has 1 saturated heterocycles. The molecule has 0 radical (unpaired) electrons. The number of amides is 3. The second-order valence-corrected chi connectivity index (χ2v) is 8.51. The molecule has 148 valence electrons. The van der Waals surface area contributed by atoms with Crippen molar-refractivity contribution in [1.82, 2.24) is 4.90 Å². The summed E-state index contributed by atoms with van der Waals surface area (Å²) in [5.41, 5.74) is 5.36. The number of primary amides is 1. The highest BCUT2D eigenvalue weighted by Gasteiger charge is 2.41. The minimum atomic E-state index is -0.847. The van der Waals surface area contributed by atoms with Crippen molar-refractivity contribution >= 4 is 39.5 Å². The minimum absolute atomic E-state index is 0.341. The van der Waals surface area contributed by atoms with E-state index in [1.54, 1.807) is 52.0 Å². The van der Waals surface area contributed by atoms with Crippen LogP contribution in [0.15, 0.2) is 28.7 Å². The van der Waals surface area contributed by atoms with Crippen molar-refractivity contribution in [2.24, 2.45) is 5.73 Å². The third-order valence-electron chi connectivity index (χ3n) is 4.31. The van der Waals surface area contributed by atoms with Crippen molar-refractivity contribution in [3.8, 4) is 0 Å². The number of nitrogens with zero attached hydrogens (tertiary/aromatic N) is 2. The van der Waals surface area contributed by atoms with Gasteiger partial charge in [-0.1, -0.05) is 15.9 Å². The Morgan fingerprint density at radius 3 is 2.37 bits per heavy atom. The Bertz CT molecular complexity index is 715. The van der Waals surface area contributed by atoms with E-state index < -0.39 is 29.7 Å². The van der Waals surface area contributed by atoms with Crippen LogP contribution in [0, 0.1) is 0 Å². The zero-order chi connectivity index (χ0) is 20.4. The molecule has 0 saturated carbocycles. The number of ether oxygens (including phenoxy) is 1. The smallest absolute Gasteiger partial charge is 0.410 e. The van der Waals surface area contributed by atoms with E-state index in [1.807, 2.05) is 0 Å². The monoisotopic (exact) mass is 439 g/mol. The Kier molecular flexibility index (Phi) is 6.51. The topological polar surface area (TPSA) is 92.9 Å². The fourth-order valence-electron chi connectivity index (χ4n) is 2.99. The SMILES string of the molecule is CC(C(N)=O)N(C(=O)C1CCCN1C(=O)OC(C)(C)C)c1ccc(Br)cc1. The zero-order valence-electron chi connectivity index (χ0n) is 16.1. The molecule has 3 amide bonds. The van der Waals surface area contributed by atoms with Gasteiger partial charge in [0.1, 0.15) is 17.7 Å². The Labute approximate surface area is 167 Å². The van der Waals surface area contributed by atoms with Crippen molar-refractivity contribution in [2.75, 3.05) is 11.4 Å². The molecule has 0 bridgehead atoms. The number of carbonyl (C=O) groups is 3. The largest absolute Gasteiger partial charge is 0.444 e. The number of benzene rings is 1. The van der Waals surface area contributed by atoms with Gasteiger partial charge in [0.05, 0.1) is 0 Å². The van der Waals surface area contributed by atoms with E-state index in [2.05, 4.69) is 15.9 Å². The molecule has 0 spiro atoms. The van der Waals surface area contributed by atoms with E-state index in [1.165, 1.54) is 9.80 Å². The molecular weight excluding hydrogens is 414 g/mol. The first kappa shape index (κ1) is 21.2. The van der Waals surface area contributed by atoms with Gasteiger partial charge in [-0.2, -0.15) is 0 Å². The van der Waals surface area contributed by atoms with Crippen molar-refractivity contribution in [3.63, 3.8) is 0 Å². The number of hydrogen-bond donors (Lipinski definition) is 1. The average Bonchev–Trinajstić information content (AvgIpc) is 3.04. The van der Waals surface area contributed by atoms with Crippen molar-refractivity contribution in [3.05, 3.63) is 28.7 Å². The lowest BCUT2D eigenvalue weighted by Gasteiger charge is -2.33. The molecule has 1 fully saturated rings. The normalized spacial score (nSPS) is 18.1. The molecule has 1 aliphatic rings. The predicted octanol–water partition coefficient (Wildman–Crippen LogP) is 3.06. The van der Waals surface area contributed by atoms with E-state index in [0.717, 1.165) is 4.47 Å². The third-order valence-corrected chi connectivity index (χ3v) is 4.84. The Morgan fingerprint density at radius 2 is 1.85 bits per heavy atom. The van der Waals surface area contributed by atoms with E-state index >= 15 is 0 Å². The maximum Gasteiger partial charge on any atom is 0.410 e. The van der Waals surface area contributed by atoms with Gasteiger partial charge in [-0.25, -0.2) is 4.79 Å². The van der Waals surface area contributed by atoms with Crippen LogP contribution >= 0.6 is 15.9 Å². The van der Waals surface area contributed by atoms with Crippen LogP contribution in [0.3, 0.4) is 0 Å². The maximum atomic E-state index is 13.3. The van der Waals surface area contributed by atoms with E-state index in [9.17, 15) is 14.4 Å². The first-order valence-corrected chi connectivity index (χ1v) is 9.68. The van der Waals surface area contributed by atoms with Crippen LogP contribution in [0.1, 0.15) is 40.5 Å². The average molecular weight is 440 g/mol. The fraction of sp³-hybridized carbons (Fsp3) is 0.526. The van der Waals surface area contributed by atoms with Gasteiger partial charge in [0.25, 0.3) is 5.91 Å². The molecule has 1 aromatic rings. The van der Waals surface area contributed by atoms with Crippen LogP contribution in [0.5, 0.6) is 0 Å². The first-order chi connectivity index (χ1) is 12.5. The van der Waals surface area contributed by atoms with Crippen molar-refractivity contribution in [1.29, 1.82) is 0 Å². The van der Waals surface area contributed by atoms with E-state index in [0.29, 0.717) is 25.1 Å². The summed E-state index contributed by atoms with van der Waals surface area (Å²) in [6, 6.07) is 5.49. The second kappa shape index (κ2) is 8.29. The summed E-state index contributed by atoms with van der Waals surface area (Å²) in [4.78, 5) is 40.5. The predicted molar refractivity (Wildman–Crippen MR) is 106 cm³/mol. The second-order valence-electron chi connectivity index (χ2n) is 7.59. The molecule has 27 heavy (non-hydrogen) atoms. The summed E-state index contributed by atoms with van der Waals surface area (Å²) in [5, 5.41) is 0. The molecule has 1 aromatic carbocycles. The molecule has 1 heterocycles. The van der Waals surface area contributed by atoms with Gasteiger partial charge in [-0.15, -0.1) is 0 Å². The van der Waals surface area contributed by atoms with Crippen LogP contribution in [0.4, 0.5) is 10.5 Å². The molecule has 2 unspecified atom stereocenters. The van der Waals surface area contributed by atoms with Crippen LogP contribution in [-0.2, 0) is 14.3 Å². The van der Waals surface area contributed by atoms with Gasteiger partial charge in [0.15, 0.2) is 0 Å². The molecule has 0 aliphatic carbocycles. The zero-order valence-corrected chi connectivity index (χ0v) is 17.7. The molecular formula is C19H26BrN3O4. The molecule has 2 atom stereocenters. The lowest BCUT2D eigenvalue weighted by molar-refractivity contribution is -0.126. The van der Waals surface area contributed by atoms with Crippen LogP contribution in [0.2, 0.25) is 0 Å². The third kappa shape index (κ3) is 5.22. The number of carbonyl (C=O) groups excluding carboxylic acids is 3. The number of halogens is 1. The number of hydrogen-bond acceptors (Lipinski definition) is 4. The van der Waals surface area contributed by atoms with Gasteiger partial charge in [-0.3, -0.25) is 19.4 Å². The number of nitrogens with two attached hydrogens (primary N) is 1. The Balaban J connectivity index is 2.32. The van der Waals surface area contributed by atoms with Crippen molar-refractivity contribution in [2.45, 2.75) is 58.2 Å². The molecule has 8 heteroatoms. The van der Waals surface area contributed by atoms with Gasteiger partial charge in [0, 0.05) is 16.7 Å². The van der Waals surface area contributed by atoms with E-state index in [-0.39, 0.29) is 5.91 Å². The molecule has 2 rings (SSSR count). The highest BCUT2D eigenvalue weighted by molar-refractivity contribution is 9.10. The highest BCUT2D eigenvalue weighted by Crippen LogP contribution is 2.27. The van der Waals surface area contributed by atoms with Gasteiger partial charge in [-0.05, 0) is 64.8 Å².